The molecule has 9 nitrogen and oxygen atoms in total. The van der Waals surface area contributed by atoms with E-state index in [1.165, 1.54) is 4.57 Å². The molecule has 0 aliphatic carbocycles. The van der Waals surface area contributed by atoms with E-state index in [9.17, 15) is 23.1 Å². The number of aliphatic carboxylic acids is 1. The molecule has 6 rings (SSSR count). The molecule has 0 saturated heterocycles. The number of carboxylic acid groups (broad SMARTS) is 1. The lowest BCUT2D eigenvalue weighted by atomic mass is 9.84. The smallest absolute Gasteiger partial charge is 0.406 e. The minimum absolute atomic E-state index is 0.0631. The van der Waals surface area contributed by atoms with Gasteiger partial charge in [0.05, 0.1) is 17.5 Å². The Morgan fingerprint density at radius 2 is 1.59 bits per heavy atom. The Bertz CT molecular complexity index is 2320. The summed E-state index contributed by atoms with van der Waals surface area (Å²) in [4.78, 5) is 20.6. The van der Waals surface area contributed by atoms with Gasteiger partial charge in [-0.05, 0) is 81.6 Å². The summed E-state index contributed by atoms with van der Waals surface area (Å²) in [6.07, 6.45) is -3.17. The molecule has 0 radical (unpaired) electrons. The molecular formula is C44H50F3N5O4SSi. The van der Waals surface area contributed by atoms with Crippen LogP contribution in [0.25, 0.3) is 32.7 Å². The van der Waals surface area contributed by atoms with Crippen molar-refractivity contribution in [1.82, 2.24) is 18.9 Å². The van der Waals surface area contributed by atoms with E-state index < -0.39 is 44.6 Å². The zero-order valence-electron chi connectivity index (χ0n) is 33.8. The first-order valence-electron chi connectivity index (χ1n) is 19.1. The Morgan fingerprint density at radius 1 is 0.948 bits per heavy atom. The Balaban J connectivity index is 1.54. The van der Waals surface area contributed by atoms with E-state index in [0.29, 0.717) is 57.0 Å². The zero-order valence-corrected chi connectivity index (χ0v) is 35.6. The molecule has 6 aromatic rings. The average Bonchev–Trinajstić information content (AvgIpc) is 3.76. The molecule has 0 spiro atoms. The standard InChI is InChI=1S/C44H50F3N5O4SSi/c1-28(55-7)38-32(19-14-22-49-38)39-34(25-43(5,6)27-56-58(42(2,3)4,30-15-10-8-11-16-30)31-17-12-9-13-18-31)33-23-29(20-21-36(33)52(39)26-44(45,46)47)40-50-37(51-57-40)24-35(48)41(53)54/h8-23,28,35H,24-27,48H2,1-7H3,(H,53,54). The third-order valence-corrected chi connectivity index (χ3v) is 16.3. The van der Waals surface area contributed by atoms with Crippen LogP contribution < -0.4 is 16.1 Å². The zero-order chi connectivity index (χ0) is 42.0. The number of nitrogens with zero attached hydrogens (tertiary/aromatic N) is 4. The topological polar surface area (TPSA) is 125 Å². The number of hydrogen-bond donors (Lipinski definition) is 2. The highest BCUT2D eigenvalue weighted by Gasteiger charge is 2.51. The van der Waals surface area contributed by atoms with Crippen LogP contribution in [-0.4, -0.2) is 64.2 Å². The van der Waals surface area contributed by atoms with Crippen LogP contribution >= 0.6 is 11.5 Å². The number of methoxy groups -OCH3 is 1. The third kappa shape index (κ3) is 8.96. The summed E-state index contributed by atoms with van der Waals surface area (Å²) in [5.74, 6) is -0.888. The van der Waals surface area contributed by atoms with Crippen LogP contribution in [0.15, 0.2) is 97.2 Å². The number of carboxylic acids is 1. The lowest BCUT2D eigenvalue weighted by Crippen LogP contribution is -2.67. The summed E-state index contributed by atoms with van der Waals surface area (Å²) in [5, 5.41) is 12.4. The van der Waals surface area contributed by atoms with Gasteiger partial charge in [0.15, 0.2) is 0 Å². The lowest BCUT2D eigenvalue weighted by Gasteiger charge is -2.44. The number of nitrogens with two attached hydrogens (primary N) is 1. The average molecular weight is 830 g/mol. The number of halogens is 3. The molecule has 0 saturated carbocycles. The number of fused-ring (bicyclic) bond motifs is 1. The van der Waals surface area contributed by atoms with Gasteiger partial charge in [-0.2, -0.15) is 17.5 Å². The predicted molar refractivity (Wildman–Crippen MR) is 226 cm³/mol. The number of pyridine rings is 1. The van der Waals surface area contributed by atoms with Crippen molar-refractivity contribution in [1.29, 1.82) is 0 Å². The maximum Gasteiger partial charge on any atom is 0.406 e. The summed E-state index contributed by atoms with van der Waals surface area (Å²) in [5.41, 5.74) is 8.35. The minimum Gasteiger partial charge on any atom is -0.480 e. The number of carbonyl (C=O) groups is 1. The van der Waals surface area contributed by atoms with Crippen molar-refractivity contribution in [3.63, 3.8) is 0 Å². The van der Waals surface area contributed by atoms with Gasteiger partial charge in [-0.1, -0.05) is 95.3 Å². The van der Waals surface area contributed by atoms with E-state index >= 15 is 0 Å². The highest BCUT2D eigenvalue weighted by Crippen LogP contribution is 2.44. The molecule has 0 fully saturated rings. The molecule has 3 N–H and O–H groups in total. The van der Waals surface area contributed by atoms with E-state index in [1.54, 1.807) is 37.6 Å². The SMILES string of the molecule is COC(C)c1ncccc1-c1c(CC(C)(C)CO[Si](c2ccccc2)(c2ccccc2)C(C)(C)C)c2cc(-c3nc(CC(N)C(=O)O)ns3)ccc2n1CC(F)(F)F. The third-order valence-electron chi connectivity index (χ3n) is 10.5. The molecule has 3 aromatic carbocycles. The van der Waals surface area contributed by atoms with Crippen molar-refractivity contribution in [2.45, 2.75) is 84.3 Å². The molecule has 3 aromatic heterocycles. The quantitative estimate of drug-likeness (QED) is 0.0987. The molecule has 14 heteroatoms. The van der Waals surface area contributed by atoms with E-state index in [1.807, 2.05) is 49.4 Å². The Hall–Kier alpha value is -4.73. The van der Waals surface area contributed by atoms with Gasteiger partial charge in [0, 0.05) is 48.4 Å². The normalized spacial score (nSPS) is 13.8. The highest BCUT2D eigenvalue weighted by molar-refractivity contribution is 7.09. The van der Waals surface area contributed by atoms with Gasteiger partial charge >= 0.3 is 12.1 Å². The second-order valence-corrected chi connectivity index (χ2v) is 21.6. The van der Waals surface area contributed by atoms with E-state index in [2.05, 4.69) is 73.2 Å². The van der Waals surface area contributed by atoms with Crippen LogP contribution in [0.3, 0.4) is 0 Å². The molecule has 306 valence electrons. The molecule has 2 unspecified atom stereocenters. The molecule has 0 aliphatic rings. The first-order chi connectivity index (χ1) is 27.3. The van der Waals surface area contributed by atoms with Gasteiger partial charge in [0.1, 0.15) is 23.4 Å². The molecule has 0 bridgehead atoms. The van der Waals surface area contributed by atoms with E-state index in [4.69, 9.17) is 14.9 Å². The van der Waals surface area contributed by atoms with Gasteiger partial charge in [0.25, 0.3) is 8.32 Å². The summed E-state index contributed by atoms with van der Waals surface area (Å²) in [7, 11) is -1.42. The van der Waals surface area contributed by atoms with Crippen molar-refractivity contribution >= 4 is 47.1 Å². The van der Waals surface area contributed by atoms with Gasteiger partial charge in [0.2, 0.25) is 0 Å². The molecule has 58 heavy (non-hydrogen) atoms. The van der Waals surface area contributed by atoms with Crippen LogP contribution in [0.4, 0.5) is 13.2 Å². The number of rotatable bonds is 15. The van der Waals surface area contributed by atoms with Crippen molar-refractivity contribution in [3.05, 3.63) is 114 Å². The largest absolute Gasteiger partial charge is 0.480 e. The first-order valence-corrected chi connectivity index (χ1v) is 21.8. The summed E-state index contributed by atoms with van der Waals surface area (Å²) in [6.45, 7) is 11.7. The van der Waals surface area contributed by atoms with E-state index in [0.717, 1.165) is 21.9 Å². The fourth-order valence-corrected chi connectivity index (χ4v) is 13.2. The highest BCUT2D eigenvalue weighted by atomic mass is 32.1. The van der Waals surface area contributed by atoms with Crippen molar-refractivity contribution in [3.8, 4) is 21.8 Å². The number of alkyl halides is 3. The maximum absolute atomic E-state index is 14.7. The fourth-order valence-electron chi connectivity index (χ4n) is 7.77. The molecular weight excluding hydrogens is 780 g/mol. The Kier molecular flexibility index (Phi) is 12.5. The number of aromatic nitrogens is 4. The molecule has 2 atom stereocenters. The van der Waals surface area contributed by atoms with Gasteiger partial charge < -0.3 is 24.6 Å². The van der Waals surface area contributed by atoms with Crippen LogP contribution in [0.5, 0.6) is 0 Å². The van der Waals surface area contributed by atoms with E-state index in [-0.39, 0.29) is 17.3 Å². The second kappa shape index (κ2) is 16.9. The van der Waals surface area contributed by atoms with Gasteiger partial charge in [-0.3, -0.25) is 9.78 Å². The second-order valence-electron chi connectivity index (χ2n) is 16.5. The predicted octanol–water partition coefficient (Wildman–Crippen LogP) is 8.59. The minimum atomic E-state index is -4.55. The van der Waals surface area contributed by atoms with Crippen LogP contribution in [0, 0.1) is 5.41 Å². The monoisotopic (exact) mass is 829 g/mol. The fraction of sp³-hybridized carbons (Fsp3) is 0.364. The van der Waals surface area contributed by atoms with Crippen molar-refractivity contribution < 1.29 is 32.2 Å². The Labute approximate surface area is 342 Å². The summed E-state index contributed by atoms with van der Waals surface area (Å²) >= 11 is 1.08. The first kappa shape index (κ1) is 42.9. The molecule has 3 heterocycles. The lowest BCUT2D eigenvalue weighted by molar-refractivity contribution is -0.140. The van der Waals surface area contributed by atoms with Crippen LogP contribution in [0.2, 0.25) is 5.04 Å². The van der Waals surface area contributed by atoms with Gasteiger partial charge in [-0.15, -0.1) is 0 Å². The summed E-state index contributed by atoms with van der Waals surface area (Å²) < 4.78 is 62.9. The van der Waals surface area contributed by atoms with Crippen LogP contribution in [-0.2, 0) is 33.3 Å². The van der Waals surface area contributed by atoms with Crippen molar-refractivity contribution in [2.24, 2.45) is 11.1 Å². The Morgan fingerprint density at radius 3 is 2.16 bits per heavy atom. The molecule has 0 aliphatic heterocycles. The number of hydrogen-bond acceptors (Lipinski definition) is 8. The number of benzene rings is 3. The van der Waals surface area contributed by atoms with Crippen LogP contribution in [0.1, 0.15) is 64.7 Å². The van der Waals surface area contributed by atoms with Gasteiger partial charge in [-0.25, -0.2) is 4.98 Å². The number of ether oxygens (including phenoxy) is 1. The van der Waals surface area contributed by atoms with Crippen molar-refractivity contribution in [2.75, 3.05) is 13.7 Å². The summed E-state index contributed by atoms with van der Waals surface area (Å²) in [6, 6.07) is 28.3. The maximum atomic E-state index is 14.7. The molecule has 0 amide bonds.